The van der Waals surface area contributed by atoms with Gasteiger partial charge in [0.1, 0.15) is 4.60 Å². The van der Waals surface area contributed by atoms with E-state index in [1.54, 1.807) is 0 Å². The fourth-order valence-corrected chi connectivity index (χ4v) is 1.78. The van der Waals surface area contributed by atoms with Crippen LogP contribution in [0.5, 0.6) is 0 Å². The van der Waals surface area contributed by atoms with Gasteiger partial charge in [-0.2, -0.15) is 0 Å². The largest absolute Gasteiger partial charge is 0.241 e. The molecule has 0 saturated carbocycles. The van der Waals surface area contributed by atoms with Crippen LogP contribution in [0.25, 0.3) is 10.9 Å². The van der Waals surface area contributed by atoms with Crippen molar-refractivity contribution in [3.63, 3.8) is 0 Å². The molecule has 13 heavy (non-hydrogen) atoms. The average Bonchev–Trinajstić information content (AvgIpc) is 2.12. The molecule has 0 amide bonds. The third kappa shape index (κ3) is 1.46. The van der Waals surface area contributed by atoms with Gasteiger partial charge in [-0.1, -0.05) is 12.1 Å². The van der Waals surface area contributed by atoms with Crippen LogP contribution in [0.1, 0.15) is 11.1 Å². The highest BCUT2D eigenvalue weighted by Crippen LogP contribution is 2.22. The van der Waals surface area contributed by atoms with Crippen LogP contribution < -0.4 is 0 Å². The lowest BCUT2D eigenvalue weighted by Crippen LogP contribution is -1.86. The van der Waals surface area contributed by atoms with Gasteiger partial charge >= 0.3 is 0 Å². The standard InChI is InChI=1S/C11H10BrN/c1-7-3-4-8(2)11-9(7)5-6-10(12)13-11/h3-6H,1-2H3. The number of benzene rings is 1. The van der Waals surface area contributed by atoms with E-state index in [2.05, 4.69) is 53.0 Å². The molecular formula is C11H10BrN. The Kier molecular flexibility index (Phi) is 2.08. The molecule has 0 fully saturated rings. The van der Waals surface area contributed by atoms with E-state index >= 15 is 0 Å². The highest BCUT2D eigenvalue weighted by atomic mass is 79.9. The van der Waals surface area contributed by atoms with Crippen LogP contribution in [0.3, 0.4) is 0 Å². The Labute approximate surface area is 85.9 Å². The minimum Gasteiger partial charge on any atom is -0.241 e. The first-order valence-electron chi connectivity index (χ1n) is 4.21. The summed E-state index contributed by atoms with van der Waals surface area (Å²) in [5.74, 6) is 0. The monoisotopic (exact) mass is 235 g/mol. The number of aromatic nitrogens is 1. The maximum absolute atomic E-state index is 4.45. The Morgan fingerprint density at radius 2 is 1.69 bits per heavy atom. The number of hydrogen-bond donors (Lipinski definition) is 0. The van der Waals surface area contributed by atoms with Crippen LogP contribution >= 0.6 is 15.9 Å². The molecule has 1 aromatic carbocycles. The molecule has 0 N–H and O–H groups in total. The van der Waals surface area contributed by atoms with Gasteiger partial charge in [0, 0.05) is 5.39 Å². The van der Waals surface area contributed by atoms with Crippen LogP contribution in [-0.2, 0) is 0 Å². The first kappa shape index (κ1) is 8.70. The van der Waals surface area contributed by atoms with Gasteiger partial charge in [-0.25, -0.2) is 4.98 Å². The van der Waals surface area contributed by atoms with Gasteiger partial charge in [0.05, 0.1) is 5.52 Å². The van der Waals surface area contributed by atoms with Crippen molar-refractivity contribution in [2.45, 2.75) is 13.8 Å². The van der Waals surface area contributed by atoms with Crippen LogP contribution in [0, 0.1) is 13.8 Å². The molecule has 0 aliphatic carbocycles. The van der Waals surface area contributed by atoms with Crippen LogP contribution in [0.2, 0.25) is 0 Å². The SMILES string of the molecule is Cc1ccc(C)c2nc(Br)ccc12. The molecule has 0 radical (unpaired) electrons. The number of rotatable bonds is 0. The molecule has 2 rings (SSSR count). The Balaban J connectivity index is 2.92. The molecule has 2 heteroatoms. The lowest BCUT2D eigenvalue weighted by Gasteiger charge is -2.04. The van der Waals surface area contributed by atoms with Crippen molar-refractivity contribution in [2.75, 3.05) is 0 Å². The van der Waals surface area contributed by atoms with Crippen LogP contribution in [0.4, 0.5) is 0 Å². The van der Waals surface area contributed by atoms with Gasteiger partial charge in [0.2, 0.25) is 0 Å². The molecule has 0 aliphatic heterocycles. The first-order valence-corrected chi connectivity index (χ1v) is 5.00. The molecule has 0 spiro atoms. The molecule has 0 atom stereocenters. The summed E-state index contributed by atoms with van der Waals surface area (Å²) in [5, 5.41) is 1.24. The summed E-state index contributed by atoms with van der Waals surface area (Å²) >= 11 is 3.38. The van der Waals surface area contributed by atoms with Gasteiger partial charge in [0.15, 0.2) is 0 Å². The van der Waals surface area contributed by atoms with E-state index in [-0.39, 0.29) is 0 Å². The number of pyridine rings is 1. The van der Waals surface area contributed by atoms with Crippen molar-refractivity contribution in [1.29, 1.82) is 0 Å². The van der Waals surface area contributed by atoms with Gasteiger partial charge in [-0.05, 0) is 53.0 Å². The van der Waals surface area contributed by atoms with Crippen LogP contribution in [-0.4, -0.2) is 4.98 Å². The maximum atomic E-state index is 4.45. The smallest absolute Gasteiger partial charge is 0.106 e. The first-order chi connectivity index (χ1) is 6.18. The van der Waals surface area contributed by atoms with Crippen molar-refractivity contribution >= 4 is 26.8 Å². The number of fused-ring (bicyclic) bond motifs is 1. The predicted octanol–water partition coefficient (Wildman–Crippen LogP) is 3.61. The second-order valence-electron chi connectivity index (χ2n) is 3.23. The average molecular weight is 236 g/mol. The Bertz CT molecular complexity index is 463. The molecule has 0 unspecified atom stereocenters. The highest BCUT2D eigenvalue weighted by molar-refractivity contribution is 9.10. The zero-order valence-corrected chi connectivity index (χ0v) is 9.22. The molecule has 0 aliphatic rings. The summed E-state index contributed by atoms with van der Waals surface area (Å²) in [4.78, 5) is 4.45. The molecule has 0 bridgehead atoms. The molecule has 2 aromatic rings. The zero-order chi connectivity index (χ0) is 9.42. The quantitative estimate of drug-likeness (QED) is 0.636. The number of halogens is 1. The third-order valence-electron chi connectivity index (χ3n) is 2.24. The fourth-order valence-electron chi connectivity index (χ4n) is 1.47. The zero-order valence-electron chi connectivity index (χ0n) is 7.63. The number of hydrogen-bond acceptors (Lipinski definition) is 1. The molecule has 1 nitrogen and oxygen atoms in total. The minimum atomic E-state index is 0.897. The van der Waals surface area contributed by atoms with Crippen molar-refractivity contribution < 1.29 is 0 Å². The normalized spacial score (nSPS) is 10.7. The predicted molar refractivity (Wildman–Crippen MR) is 58.9 cm³/mol. The molecule has 1 aromatic heterocycles. The molecular weight excluding hydrogens is 226 g/mol. The van der Waals surface area contributed by atoms with E-state index in [1.165, 1.54) is 16.5 Å². The third-order valence-corrected chi connectivity index (χ3v) is 2.68. The van der Waals surface area contributed by atoms with E-state index in [0.717, 1.165) is 10.1 Å². The Morgan fingerprint density at radius 3 is 2.46 bits per heavy atom. The van der Waals surface area contributed by atoms with Gasteiger partial charge in [0.25, 0.3) is 0 Å². The maximum Gasteiger partial charge on any atom is 0.106 e. The second kappa shape index (κ2) is 3.11. The lowest BCUT2D eigenvalue weighted by molar-refractivity contribution is 1.31. The van der Waals surface area contributed by atoms with Crippen molar-refractivity contribution in [3.05, 3.63) is 40.0 Å². The fraction of sp³-hybridized carbons (Fsp3) is 0.182. The lowest BCUT2D eigenvalue weighted by atomic mass is 10.1. The Hall–Kier alpha value is -0.890. The summed E-state index contributed by atoms with van der Waals surface area (Å²) < 4.78 is 0.897. The second-order valence-corrected chi connectivity index (χ2v) is 4.04. The topological polar surface area (TPSA) is 12.9 Å². The van der Waals surface area contributed by atoms with E-state index in [4.69, 9.17) is 0 Å². The summed E-state index contributed by atoms with van der Waals surface area (Å²) in [7, 11) is 0. The Morgan fingerprint density at radius 1 is 1.00 bits per heavy atom. The van der Waals surface area contributed by atoms with Gasteiger partial charge < -0.3 is 0 Å². The van der Waals surface area contributed by atoms with E-state index in [9.17, 15) is 0 Å². The van der Waals surface area contributed by atoms with E-state index in [0.29, 0.717) is 0 Å². The van der Waals surface area contributed by atoms with Crippen molar-refractivity contribution in [1.82, 2.24) is 4.98 Å². The van der Waals surface area contributed by atoms with Crippen molar-refractivity contribution in [3.8, 4) is 0 Å². The highest BCUT2D eigenvalue weighted by Gasteiger charge is 2.01. The van der Waals surface area contributed by atoms with Crippen molar-refractivity contribution in [2.24, 2.45) is 0 Å². The molecule has 1 heterocycles. The van der Waals surface area contributed by atoms with Gasteiger partial charge in [-0.15, -0.1) is 0 Å². The molecule has 0 saturated heterocycles. The van der Waals surface area contributed by atoms with E-state index < -0.39 is 0 Å². The summed E-state index contributed by atoms with van der Waals surface area (Å²) in [6.45, 7) is 4.19. The summed E-state index contributed by atoms with van der Waals surface area (Å²) in [6.07, 6.45) is 0. The minimum absolute atomic E-state index is 0.897. The molecule has 66 valence electrons. The summed E-state index contributed by atoms with van der Waals surface area (Å²) in [5.41, 5.74) is 3.59. The van der Waals surface area contributed by atoms with E-state index in [1.807, 2.05) is 6.07 Å². The van der Waals surface area contributed by atoms with Gasteiger partial charge in [-0.3, -0.25) is 0 Å². The number of aryl methyl sites for hydroxylation is 2. The summed E-state index contributed by atoms with van der Waals surface area (Å²) in [6, 6.07) is 8.33. The number of nitrogens with zero attached hydrogens (tertiary/aromatic N) is 1. The van der Waals surface area contributed by atoms with Crippen LogP contribution in [0.15, 0.2) is 28.9 Å².